The summed E-state index contributed by atoms with van der Waals surface area (Å²) in [5.41, 5.74) is 7.20. The molecule has 0 radical (unpaired) electrons. The van der Waals surface area contributed by atoms with E-state index in [-0.39, 0.29) is 0 Å². The van der Waals surface area contributed by atoms with Gasteiger partial charge in [-0.15, -0.1) is 0 Å². The number of rotatable bonds is 7. The largest absolute Gasteiger partial charge is 0.387 e. The molecule has 0 unspecified atom stereocenters. The van der Waals surface area contributed by atoms with Crippen LogP contribution in [0.15, 0.2) is 61.3 Å². The summed E-state index contributed by atoms with van der Waals surface area (Å²) < 4.78 is 0. The standard InChI is InChI=1S/C25H30N6/c1-18(30-22-9-11-28-25(19(22)2)31-12-5-4-6-13-31)14-21-15-23(29-17-24(21)26-3)20-8-7-10-27-16-20/h7-11,15-17,26H,1,4-6,12-14H2,2-3H3,(H,28,30). The van der Waals surface area contributed by atoms with Crippen LogP contribution >= 0.6 is 0 Å². The van der Waals surface area contributed by atoms with Crippen LogP contribution < -0.4 is 15.5 Å². The fraction of sp³-hybridized carbons (Fsp3) is 0.320. The molecular weight excluding hydrogens is 384 g/mol. The molecule has 6 nitrogen and oxygen atoms in total. The first-order valence-corrected chi connectivity index (χ1v) is 10.9. The Morgan fingerprint density at radius 1 is 1.06 bits per heavy atom. The van der Waals surface area contributed by atoms with E-state index in [2.05, 4.69) is 50.1 Å². The summed E-state index contributed by atoms with van der Waals surface area (Å²) in [6, 6.07) is 8.08. The van der Waals surface area contributed by atoms with Crippen LogP contribution in [0.1, 0.15) is 30.4 Å². The normalized spacial score (nSPS) is 13.7. The molecule has 160 valence electrons. The first-order chi connectivity index (χ1) is 15.2. The van der Waals surface area contributed by atoms with Gasteiger partial charge in [-0.05, 0) is 56.0 Å². The maximum Gasteiger partial charge on any atom is 0.133 e. The van der Waals surface area contributed by atoms with Crippen molar-refractivity contribution in [2.75, 3.05) is 35.7 Å². The van der Waals surface area contributed by atoms with Crippen LogP contribution in [-0.4, -0.2) is 35.1 Å². The summed E-state index contributed by atoms with van der Waals surface area (Å²) in [5, 5.41) is 6.77. The molecule has 1 saturated heterocycles. The van der Waals surface area contributed by atoms with Gasteiger partial charge in [0.1, 0.15) is 5.82 Å². The molecule has 0 spiro atoms. The smallest absolute Gasteiger partial charge is 0.133 e. The van der Waals surface area contributed by atoms with Crippen LogP contribution in [0.2, 0.25) is 0 Å². The molecule has 1 aliphatic heterocycles. The van der Waals surface area contributed by atoms with E-state index < -0.39 is 0 Å². The number of pyridine rings is 3. The molecular formula is C25H30N6. The third-order valence-electron chi connectivity index (χ3n) is 5.76. The second-order valence-corrected chi connectivity index (χ2v) is 7.98. The zero-order valence-electron chi connectivity index (χ0n) is 18.4. The second-order valence-electron chi connectivity index (χ2n) is 7.98. The lowest BCUT2D eigenvalue weighted by Crippen LogP contribution is -2.30. The Hall–Kier alpha value is -3.41. The molecule has 4 rings (SSSR count). The lowest BCUT2D eigenvalue weighted by atomic mass is 10.1. The average Bonchev–Trinajstić information content (AvgIpc) is 2.81. The van der Waals surface area contributed by atoms with Crippen LogP contribution in [-0.2, 0) is 6.42 Å². The third kappa shape index (κ3) is 4.85. The number of aromatic nitrogens is 3. The Bertz CT molecular complexity index is 1040. The van der Waals surface area contributed by atoms with Gasteiger partial charge in [-0.25, -0.2) is 4.98 Å². The van der Waals surface area contributed by atoms with Crippen LogP contribution in [0.3, 0.4) is 0 Å². The zero-order chi connectivity index (χ0) is 21.6. The molecule has 0 amide bonds. The van der Waals surface area contributed by atoms with Gasteiger partial charge in [-0.1, -0.05) is 6.58 Å². The average molecular weight is 415 g/mol. The van der Waals surface area contributed by atoms with Crippen molar-refractivity contribution in [1.82, 2.24) is 15.0 Å². The zero-order valence-corrected chi connectivity index (χ0v) is 18.4. The number of piperidine rings is 1. The van der Waals surface area contributed by atoms with E-state index >= 15 is 0 Å². The number of nitrogens with one attached hydrogen (secondary N) is 2. The Morgan fingerprint density at radius 2 is 1.90 bits per heavy atom. The molecule has 31 heavy (non-hydrogen) atoms. The van der Waals surface area contributed by atoms with Crippen molar-refractivity contribution in [1.29, 1.82) is 0 Å². The van der Waals surface area contributed by atoms with Crippen molar-refractivity contribution in [3.63, 3.8) is 0 Å². The van der Waals surface area contributed by atoms with E-state index in [4.69, 9.17) is 0 Å². The second kappa shape index (κ2) is 9.60. The van der Waals surface area contributed by atoms with Gasteiger partial charge in [-0.3, -0.25) is 9.97 Å². The molecule has 4 heterocycles. The first-order valence-electron chi connectivity index (χ1n) is 10.9. The summed E-state index contributed by atoms with van der Waals surface area (Å²) >= 11 is 0. The Balaban J connectivity index is 1.52. The summed E-state index contributed by atoms with van der Waals surface area (Å²) in [4.78, 5) is 15.9. The molecule has 0 aromatic carbocycles. The lowest BCUT2D eigenvalue weighted by Gasteiger charge is -2.29. The van der Waals surface area contributed by atoms with Crippen molar-refractivity contribution < 1.29 is 0 Å². The van der Waals surface area contributed by atoms with Crippen LogP contribution in [0.25, 0.3) is 11.3 Å². The summed E-state index contributed by atoms with van der Waals surface area (Å²) in [6.07, 6.45) is 11.8. The van der Waals surface area contributed by atoms with Gasteiger partial charge in [0, 0.05) is 67.7 Å². The quantitative estimate of drug-likeness (QED) is 0.564. The SMILES string of the molecule is C=C(Cc1cc(-c2cccnc2)ncc1NC)Nc1ccnc(N2CCCCC2)c1C. The van der Waals surface area contributed by atoms with Gasteiger partial charge in [-0.2, -0.15) is 0 Å². The fourth-order valence-corrected chi connectivity index (χ4v) is 4.09. The van der Waals surface area contributed by atoms with Gasteiger partial charge in [0.2, 0.25) is 0 Å². The highest BCUT2D eigenvalue weighted by molar-refractivity contribution is 5.66. The van der Waals surface area contributed by atoms with Gasteiger partial charge in [0.15, 0.2) is 0 Å². The number of allylic oxidation sites excluding steroid dienone is 1. The van der Waals surface area contributed by atoms with Crippen molar-refractivity contribution >= 4 is 17.2 Å². The minimum atomic E-state index is 0.687. The van der Waals surface area contributed by atoms with Gasteiger partial charge in [0.05, 0.1) is 17.6 Å². The number of nitrogens with zero attached hydrogens (tertiary/aromatic N) is 4. The lowest BCUT2D eigenvalue weighted by molar-refractivity contribution is 0.572. The topological polar surface area (TPSA) is 66.0 Å². The van der Waals surface area contributed by atoms with Crippen molar-refractivity contribution in [2.24, 2.45) is 0 Å². The van der Waals surface area contributed by atoms with Crippen molar-refractivity contribution in [2.45, 2.75) is 32.6 Å². The minimum Gasteiger partial charge on any atom is -0.387 e. The Labute approximate surface area is 184 Å². The van der Waals surface area contributed by atoms with E-state index in [1.165, 1.54) is 24.8 Å². The highest BCUT2D eigenvalue weighted by Crippen LogP contribution is 2.29. The van der Waals surface area contributed by atoms with E-state index in [1.807, 2.05) is 43.8 Å². The summed E-state index contributed by atoms with van der Waals surface area (Å²) in [6.45, 7) is 8.60. The fourth-order valence-electron chi connectivity index (χ4n) is 4.09. The van der Waals surface area contributed by atoms with E-state index in [0.717, 1.165) is 52.8 Å². The predicted octanol–water partition coefficient (Wildman–Crippen LogP) is 5.05. The number of hydrogen-bond donors (Lipinski definition) is 2. The summed E-state index contributed by atoms with van der Waals surface area (Å²) in [5.74, 6) is 1.08. The highest BCUT2D eigenvalue weighted by atomic mass is 15.2. The van der Waals surface area contributed by atoms with Gasteiger partial charge >= 0.3 is 0 Å². The molecule has 2 N–H and O–H groups in total. The number of anilines is 3. The highest BCUT2D eigenvalue weighted by Gasteiger charge is 2.16. The van der Waals surface area contributed by atoms with Gasteiger partial charge in [0.25, 0.3) is 0 Å². The van der Waals surface area contributed by atoms with Crippen molar-refractivity contribution in [3.8, 4) is 11.3 Å². The molecule has 3 aromatic rings. The molecule has 1 fully saturated rings. The maximum atomic E-state index is 4.66. The van der Waals surface area contributed by atoms with E-state index in [0.29, 0.717) is 6.42 Å². The predicted molar refractivity (Wildman–Crippen MR) is 129 cm³/mol. The van der Waals surface area contributed by atoms with Crippen LogP contribution in [0.5, 0.6) is 0 Å². The Morgan fingerprint density at radius 3 is 2.65 bits per heavy atom. The molecule has 0 aliphatic carbocycles. The molecule has 0 atom stereocenters. The minimum absolute atomic E-state index is 0.687. The van der Waals surface area contributed by atoms with E-state index in [9.17, 15) is 0 Å². The maximum absolute atomic E-state index is 4.66. The molecule has 3 aromatic heterocycles. The molecule has 0 bridgehead atoms. The van der Waals surface area contributed by atoms with E-state index in [1.54, 1.807) is 6.20 Å². The molecule has 0 saturated carbocycles. The van der Waals surface area contributed by atoms with Gasteiger partial charge < -0.3 is 15.5 Å². The Kier molecular flexibility index (Phi) is 6.46. The molecule has 6 heteroatoms. The summed E-state index contributed by atoms with van der Waals surface area (Å²) in [7, 11) is 1.92. The molecule has 1 aliphatic rings. The van der Waals surface area contributed by atoms with Crippen LogP contribution in [0, 0.1) is 6.92 Å². The first kappa shape index (κ1) is 20.8. The monoisotopic (exact) mass is 414 g/mol. The number of hydrogen-bond acceptors (Lipinski definition) is 6. The van der Waals surface area contributed by atoms with Crippen molar-refractivity contribution in [3.05, 3.63) is 72.5 Å². The van der Waals surface area contributed by atoms with Crippen LogP contribution in [0.4, 0.5) is 17.2 Å². The third-order valence-corrected chi connectivity index (χ3v) is 5.76.